The van der Waals surface area contributed by atoms with E-state index >= 15 is 0 Å². The number of barbiturate groups is 1. The number of benzene rings is 3. The van der Waals surface area contributed by atoms with Crippen LogP contribution in [0.15, 0.2) is 84.6 Å². The molecule has 0 spiro atoms. The van der Waals surface area contributed by atoms with Crippen molar-refractivity contribution in [1.82, 2.24) is 9.88 Å². The Kier molecular flexibility index (Phi) is 5.74. The fourth-order valence-electron chi connectivity index (χ4n) is 4.26. The second-order valence-electron chi connectivity index (χ2n) is 8.30. The van der Waals surface area contributed by atoms with E-state index in [4.69, 9.17) is 0 Å². The van der Waals surface area contributed by atoms with Crippen LogP contribution in [0.2, 0.25) is 0 Å². The van der Waals surface area contributed by atoms with E-state index in [1.54, 1.807) is 36.5 Å². The number of aromatic nitrogens is 1. The first-order valence-corrected chi connectivity index (χ1v) is 11.3. The van der Waals surface area contributed by atoms with Crippen molar-refractivity contribution in [2.24, 2.45) is 0 Å². The summed E-state index contributed by atoms with van der Waals surface area (Å²) in [4.78, 5) is 39.5. The fraction of sp³-hybridized carbons (Fsp3) is 0.107. The number of urea groups is 1. The Morgan fingerprint density at radius 1 is 0.914 bits per heavy atom. The first-order valence-electron chi connectivity index (χ1n) is 11.3. The minimum Gasteiger partial charge on any atom is -0.342 e. The normalized spacial score (nSPS) is 15.2. The van der Waals surface area contributed by atoms with Crippen LogP contribution in [0.3, 0.4) is 0 Å². The Balaban J connectivity index is 1.56. The lowest BCUT2D eigenvalue weighted by molar-refractivity contribution is -0.122. The van der Waals surface area contributed by atoms with E-state index in [9.17, 15) is 18.8 Å². The van der Waals surface area contributed by atoms with Gasteiger partial charge in [0, 0.05) is 28.2 Å². The number of imide groups is 2. The first kappa shape index (κ1) is 22.3. The van der Waals surface area contributed by atoms with Crippen LogP contribution in [0.1, 0.15) is 23.6 Å². The lowest BCUT2D eigenvalue weighted by atomic mass is 10.1. The van der Waals surface area contributed by atoms with Gasteiger partial charge in [-0.2, -0.15) is 0 Å². The van der Waals surface area contributed by atoms with Gasteiger partial charge in [0.25, 0.3) is 11.8 Å². The van der Waals surface area contributed by atoms with Crippen molar-refractivity contribution >= 4 is 40.5 Å². The van der Waals surface area contributed by atoms with Crippen LogP contribution in [-0.2, 0) is 22.6 Å². The molecule has 0 unspecified atom stereocenters. The number of hydrogen-bond acceptors (Lipinski definition) is 3. The molecule has 0 saturated carbocycles. The van der Waals surface area contributed by atoms with Crippen LogP contribution in [0.25, 0.3) is 17.0 Å². The number of amides is 4. The highest BCUT2D eigenvalue weighted by Crippen LogP contribution is 2.27. The quantitative estimate of drug-likeness (QED) is 0.330. The zero-order chi connectivity index (χ0) is 24.5. The van der Waals surface area contributed by atoms with Crippen LogP contribution >= 0.6 is 0 Å². The number of hydrogen-bond donors (Lipinski definition) is 1. The summed E-state index contributed by atoms with van der Waals surface area (Å²) >= 11 is 0. The minimum absolute atomic E-state index is 0.155. The third kappa shape index (κ3) is 4.12. The third-order valence-electron chi connectivity index (χ3n) is 6.12. The highest BCUT2D eigenvalue weighted by atomic mass is 19.1. The van der Waals surface area contributed by atoms with Gasteiger partial charge in [-0.05, 0) is 42.3 Å². The summed E-state index contributed by atoms with van der Waals surface area (Å²) in [5.41, 5.74) is 3.25. The topological polar surface area (TPSA) is 71.4 Å². The Hall–Kier alpha value is -4.52. The summed E-state index contributed by atoms with van der Waals surface area (Å²) in [6, 6.07) is 20.3. The van der Waals surface area contributed by atoms with Gasteiger partial charge in [0.1, 0.15) is 11.4 Å². The molecule has 1 aromatic heterocycles. The predicted molar refractivity (Wildman–Crippen MR) is 132 cm³/mol. The number of aryl methyl sites for hydroxylation is 1. The highest BCUT2D eigenvalue weighted by molar-refractivity contribution is 6.39. The average molecular weight is 468 g/mol. The monoisotopic (exact) mass is 467 g/mol. The molecule has 0 atom stereocenters. The molecule has 6 nitrogen and oxygen atoms in total. The molecule has 174 valence electrons. The molecule has 5 rings (SSSR count). The van der Waals surface area contributed by atoms with Gasteiger partial charge < -0.3 is 4.57 Å². The molecule has 4 aromatic rings. The van der Waals surface area contributed by atoms with Gasteiger partial charge in [0.2, 0.25) is 0 Å². The number of halogens is 1. The number of nitrogens with zero attached hydrogens (tertiary/aromatic N) is 2. The van der Waals surface area contributed by atoms with Crippen LogP contribution < -0.4 is 10.2 Å². The van der Waals surface area contributed by atoms with Crippen LogP contribution in [0, 0.1) is 5.82 Å². The van der Waals surface area contributed by atoms with Crippen molar-refractivity contribution in [3.63, 3.8) is 0 Å². The second-order valence-corrected chi connectivity index (χ2v) is 8.30. The van der Waals surface area contributed by atoms with Crippen molar-refractivity contribution in [2.45, 2.75) is 19.9 Å². The highest BCUT2D eigenvalue weighted by Gasteiger charge is 2.37. The minimum atomic E-state index is -0.789. The Morgan fingerprint density at radius 3 is 2.37 bits per heavy atom. The van der Waals surface area contributed by atoms with Gasteiger partial charge in [-0.15, -0.1) is 0 Å². The number of anilines is 1. The van der Waals surface area contributed by atoms with Crippen LogP contribution in [-0.4, -0.2) is 22.4 Å². The average Bonchev–Trinajstić information content (AvgIpc) is 3.20. The lowest BCUT2D eigenvalue weighted by Gasteiger charge is -2.26. The smallest absolute Gasteiger partial charge is 0.335 e. The summed E-state index contributed by atoms with van der Waals surface area (Å²) < 4.78 is 16.2. The molecule has 2 heterocycles. The van der Waals surface area contributed by atoms with Crippen molar-refractivity contribution < 1.29 is 18.8 Å². The molecular weight excluding hydrogens is 445 g/mol. The van der Waals surface area contributed by atoms with Gasteiger partial charge in [-0.25, -0.2) is 14.1 Å². The fourth-order valence-corrected chi connectivity index (χ4v) is 4.26. The molecule has 0 radical (unpaired) electrons. The largest absolute Gasteiger partial charge is 0.342 e. The summed E-state index contributed by atoms with van der Waals surface area (Å²) in [6.45, 7) is 2.29. The Morgan fingerprint density at radius 2 is 1.63 bits per heavy atom. The van der Waals surface area contributed by atoms with Crippen molar-refractivity contribution in [1.29, 1.82) is 0 Å². The summed E-state index contributed by atoms with van der Waals surface area (Å²) in [7, 11) is 0. The molecule has 1 N–H and O–H groups in total. The van der Waals surface area contributed by atoms with Crippen molar-refractivity contribution in [2.75, 3.05) is 4.90 Å². The van der Waals surface area contributed by atoms with Gasteiger partial charge in [0.05, 0.1) is 12.2 Å². The molecule has 1 fully saturated rings. The zero-order valence-electron chi connectivity index (χ0n) is 19.0. The molecule has 3 aromatic carbocycles. The maximum Gasteiger partial charge on any atom is 0.335 e. The number of nitrogens with one attached hydrogen (secondary N) is 1. The maximum atomic E-state index is 14.3. The van der Waals surface area contributed by atoms with Crippen LogP contribution in [0.5, 0.6) is 0 Å². The first-order chi connectivity index (χ1) is 17.0. The van der Waals surface area contributed by atoms with E-state index in [0.29, 0.717) is 16.8 Å². The van der Waals surface area contributed by atoms with Gasteiger partial charge in [-0.1, -0.05) is 55.5 Å². The standard InChI is InChI=1S/C28H22FN3O3/c1-2-18-11-13-21(14-12-18)32-27(34)23(26(33)30-28(32)35)15-20-17-31(25-10-6-4-8-22(20)25)16-19-7-3-5-9-24(19)29/h3-15,17H,2,16H2,1H3,(H,30,33,35)/b23-15-. The zero-order valence-corrected chi connectivity index (χ0v) is 19.0. The van der Waals surface area contributed by atoms with E-state index in [-0.39, 0.29) is 17.9 Å². The van der Waals surface area contributed by atoms with E-state index in [1.165, 1.54) is 12.1 Å². The molecule has 1 aliphatic rings. The summed E-state index contributed by atoms with van der Waals surface area (Å²) in [6.07, 6.45) is 4.08. The number of carbonyl (C=O) groups excluding carboxylic acids is 3. The number of para-hydroxylation sites is 1. The molecule has 35 heavy (non-hydrogen) atoms. The summed E-state index contributed by atoms with van der Waals surface area (Å²) in [5.74, 6) is -1.77. The van der Waals surface area contributed by atoms with Gasteiger partial charge in [0.15, 0.2) is 0 Å². The molecule has 1 saturated heterocycles. The number of carbonyl (C=O) groups is 3. The van der Waals surface area contributed by atoms with Crippen molar-refractivity contribution in [3.8, 4) is 0 Å². The van der Waals surface area contributed by atoms with Gasteiger partial charge in [-0.3, -0.25) is 14.9 Å². The molecule has 0 aliphatic carbocycles. The van der Waals surface area contributed by atoms with E-state index < -0.39 is 17.8 Å². The molecule has 1 aliphatic heterocycles. The third-order valence-corrected chi connectivity index (χ3v) is 6.12. The van der Waals surface area contributed by atoms with E-state index in [0.717, 1.165) is 27.8 Å². The Labute approximate surface area is 201 Å². The molecule has 7 heteroatoms. The van der Waals surface area contributed by atoms with E-state index in [1.807, 2.05) is 47.9 Å². The van der Waals surface area contributed by atoms with E-state index in [2.05, 4.69) is 5.32 Å². The SMILES string of the molecule is CCc1ccc(N2C(=O)NC(=O)/C(=C/c3cn(Cc4ccccc4F)c4ccccc34)C2=O)cc1. The summed E-state index contributed by atoms with van der Waals surface area (Å²) in [5, 5.41) is 3.06. The maximum absolute atomic E-state index is 14.3. The number of rotatable bonds is 5. The molecule has 4 amide bonds. The number of fused-ring (bicyclic) bond motifs is 1. The second kappa shape index (κ2) is 9.02. The van der Waals surface area contributed by atoms with Crippen molar-refractivity contribution in [3.05, 3.63) is 107 Å². The van der Waals surface area contributed by atoms with Gasteiger partial charge >= 0.3 is 6.03 Å². The molecule has 0 bridgehead atoms. The molecular formula is C28H22FN3O3. The Bertz CT molecular complexity index is 1500. The lowest BCUT2D eigenvalue weighted by Crippen LogP contribution is -2.54. The predicted octanol–water partition coefficient (Wildman–Crippen LogP) is 5.06. The van der Waals surface area contributed by atoms with Crippen LogP contribution in [0.4, 0.5) is 14.9 Å².